The summed E-state index contributed by atoms with van der Waals surface area (Å²) < 4.78 is 7.25. The van der Waals surface area contributed by atoms with Crippen molar-refractivity contribution in [3.05, 3.63) is 20.8 Å². The van der Waals surface area contributed by atoms with E-state index in [-0.39, 0.29) is 29.4 Å². The second-order valence-corrected chi connectivity index (χ2v) is 7.99. The highest BCUT2D eigenvalue weighted by Crippen LogP contribution is 2.37. The van der Waals surface area contributed by atoms with Crippen molar-refractivity contribution in [3.8, 4) is 0 Å². The van der Waals surface area contributed by atoms with Gasteiger partial charge in [0.1, 0.15) is 4.83 Å². The van der Waals surface area contributed by atoms with Crippen molar-refractivity contribution in [1.82, 2.24) is 9.55 Å². The molecule has 0 radical (unpaired) electrons. The number of aromatic nitrogens is 2. The molecule has 8 heteroatoms. The first-order valence-corrected chi connectivity index (χ1v) is 8.61. The topological polar surface area (TPSA) is 76.8 Å². The fourth-order valence-electron chi connectivity index (χ4n) is 3.16. The van der Waals surface area contributed by atoms with E-state index < -0.39 is 0 Å². The molecule has 0 saturated heterocycles. The zero-order valence-corrected chi connectivity index (χ0v) is 14.9. The minimum Gasteiger partial charge on any atom is -0.370 e. The summed E-state index contributed by atoms with van der Waals surface area (Å²) in [5.74, 6) is 0.105. The molecule has 4 heterocycles. The normalized spacial score (nSPS) is 19.8. The first-order chi connectivity index (χ1) is 11.3. The van der Waals surface area contributed by atoms with Crippen LogP contribution in [0.1, 0.15) is 37.6 Å². The van der Waals surface area contributed by atoms with Gasteiger partial charge < -0.3 is 4.74 Å². The monoisotopic (exact) mass is 346 g/mol. The fraction of sp³-hybridized carbons (Fsp3) is 0.500. The highest BCUT2D eigenvalue weighted by Gasteiger charge is 2.32. The lowest BCUT2D eigenvalue weighted by molar-refractivity contribution is -0.117. The standard InChI is InChI=1S/C16H18N4O3S/c1-8-5-11(21)20(18-8)15-17-13-12(14(22)19(15)4)9-6-16(2,3)23-7-10(9)24-13/h5-7H2,1-4H3. The number of nitrogens with zero attached hydrogens (tertiary/aromatic N) is 4. The number of fused-ring (bicyclic) bond motifs is 3. The number of anilines is 1. The molecule has 1 amide bonds. The molecular weight excluding hydrogens is 328 g/mol. The first-order valence-electron chi connectivity index (χ1n) is 7.79. The summed E-state index contributed by atoms with van der Waals surface area (Å²) in [6.07, 6.45) is 0.940. The largest absolute Gasteiger partial charge is 0.370 e. The molecule has 2 aromatic rings. The SMILES string of the molecule is CC1=NN(c2nc3sc4c(c3c(=O)n2C)CC(C)(C)OC4)C(=O)C1. The molecule has 24 heavy (non-hydrogen) atoms. The molecule has 0 unspecified atom stereocenters. The zero-order valence-electron chi connectivity index (χ0n) is 14.0. The molecule has 0 atom stereocenters. The quantitative estimate of drug-likeness (QED) is 0.791. The highest BCUT2D eigenvalue weighted by atomic mass is 32.1. The maximum absolute atomic E-state index is 12.9. The van der Waals surface area contributed by atoms with Crippen molar-refractivity contribution in [3.63, 3.8) is 0 Å². The first kappa shape index (κ1) is 15.5. The van der Waals surface area contributed by atoms with Crippen LogP contribution in [0.4, 0.5) is 5.95 Å². The van der Waals surface area contributed by atoms with Crippen molar-refractivity contribution >= 4 is 39.1 Å². The van der Waals surface area contributed by atoms with Gasteiger partial charge in [-0.1, -0.05) is 0 Å². The molecule has 0 spiro atoms. The van der Waals surface area contributed by atoms with E-state index in [4.69, 9.17) is 4.74 Å². The Kier molecular flexibility index (Phi) is 3.20. The van der Waals surface area contributed by atoms with Gasteiger partial charge in [-0.2, -0.15) is 10.1 Å². The van der Waals surface area contributed by atoms with Crippen LogP contribution < -0.4 is 10.6 Å². The number of carbonyl (C=O) groups is 1. The van der Waals surface area contributed by atoms with Gasteiger partial charge in [0, 0.05) is 24.1 Å². The van der Waals surface area contributed by atoms with Crippen molar-refractivity contribution < 1.29 is 9.53 Å². The highest BCUT2D eigenvalue weighted by molar-refractivity contribution is 7.18. The average molecular weight is 346 g/mol. The minimum atomic E-state index is -0.295. The number of amides is 1. The lowest BCUT2D eigenvalue weighted by atomic mass is 9.94. The van der Waals surface area contributed by atoms with Gasteiger partial charge in [-0.05, 0) is 26.3 Å². The Labute approximate surface area is 142 Å². The molecule has 2 aliphatic heterocycles. The summed E-state index contributed by atoms with van der Waals surface area (Å²) in [7, 11) is 1.63. The summed E-state index contributed by atoms with van der Waals surface area (Å²) in [4.78, 5) is 31.3. The summed E-state index contributed by atoms with van der Waals surface area (Å²) >= 11 is 1.46. The van der Waals surface area contributed by atoms with Crippen LogP contribution in [0.25, 0.3) is 10.2 Å². The van der Waals surface area contributed by atoms with Crippen LogP contribution in [-0.2, 0) is 29.6 Å². The number of thiophene rings is 1. The van der Waals surface area contributed by atoms with E-state index in [9.17, 15) is 9.59 Å². The number of rotatable bonds is 1. The molecule has 0 fully saturated rings. The number of carbonyl (C=O) groups excluding carboxylic acids is 1. The third kappa shape index (κ3) is 2.21. The molecule has 2 aromatic heterocycles. The van der Waals surface area contributed by atoms with E-state index in [1.165, 1.54) is 20.9 Å². The minimum absolute atomic E-state index is 0.141. The second-order valence-electron chi connectivity index (χ2n) is 6.90. The predicted octanol–water partition coefficient (Wildman–Crippen LogP) is 1.96. The molecule has 0 N–H and O–H groups in total. The van der Waals surface area contributed by atoms with Crippen LogP contribution in [-0.4, -0.2) is 26.8 Å². The Morgan fingerprint density at radius 2 is 2.04 bits per heavy atom. The number of hydrogen-bond acceptors (Lipinski definition) is 6. The molecular formula is C16H18N4O3S. The van der Waals surface area contributed by atoms with Crippen molar-refractivity contribution in [2.45, 2.75) is 45.8 Å². The molecule has 7 nitrogen and oxygen atoms in total. The smallest absolute Gasteiger partial charge is 0.263 e. The number of hydrogen-bond donors (Lipinski definition) is 0. The van der Waals surface area contributed by atoms with Gasteiger partial charge in [0.05, 0.1) is 24.0 Å². The van der Waals surface area contributed by atoms with Gasteiger partial charge >= 0.3 is 0 Å². The Morgan fingerprint density at radius 3 is 2.71 bits per heavy atom. The lowest BCUT2D eigenvalue weighted by Gasteiger charge is -2.29. The van der Waals surface area contributed by atoms with E-state index in [2.05, 4.69) is 10.1 Å². The van der Waals surface area contributed by atoms with Gasteiger partial charge in [-0.25, -0.2) is 4.98 Å². The Bertz CT molecular complexity index is 970. The lowest BCUT2D eigenvalue weighted by Crippen LogP contribution is -2.33. The van der Waals surface area contributed by atoms with E-state index in [0.29, 0.717) is 23.2 Å². The zero-order chi connectivity index (χ0) is 17.2. The third-order valence-corrected chi connectivity index (χ3v) is 5.49. The molecule has 4 rings (SSSR count). The molecule has 126 valence electrons. The Morgan fingerprint density at radius 1 is 1.29 bits per heavy atom. The summed E-state index contributed by atoms with van der Waals surface area (Å²) in [5.41, 5.74) is 1.31. The van der Waals surface area contributed by atoms with E-state index in [0.717, 1.165) is 16.2 Å². The summed E-state index contributed by atoms with van der Waals surface area (Å²) in [5, 5.41) is 6.09. The van der Waals surface area contributed by atoms with Gasteiger partial charge in [0.2, 0.25) is 5.95 Å². The van der Waals surface area contributed by atoms with E-state index in [1.807, 2.05) is 13.8 Å². The maximum atomic E-state index is 12.9. The van der Waals surface area contributed by atoms with E-state index in [1.54, 1.807) is 14.0 Å². The van der Waals surface area contributed by atoms with Crippen LogP contribution in [0.3, 0.4) is 0 Å². The number of ether oxygens (including phenoxy) is 1. The second kappa shape index (κ2) is 4.97. The summed E-state index contributed by atoms with van der Waals surface area (Å²) in [6.45, 7) is 6.32. The van der Waals surface area contributed by atoms with Gasteiger partial charge in [0.15, 0.2) is 0 Å². The average Bonchev–Trinajstić information content (AvgIpc) is 3.01. The predicted molar refractivity (Wildman–Crippen MR) is 92.6 cm³/mol. The Hall–Kier alpha value is -2.06. The molecule has 0 saturated carbocycles. The van der Waals surface area contributed by atoms with Crippen LogP contribution in [0.2, 0.25) is 0 Å². The van der Waals surface area contributed by atoms with Gasteiger partial charge in [0.25, 0.3) is 11.5 Å². The van der Waals surface area contributed by atoms with Crippen molar-refractivity contribution in [2.75, 3.05) is 5.01 Å². The third-order valence-electron chi connectivity index (χ3n) is 4.39. The maximum Gasteiger partial charge on any atom is 0.263 e. The van der Waals surface area contributed by atoms with E-state index >= 15 is 0 Å². The molecule has 2 aliphatic rings. The van der Waals surface area contributed by atoms with Crippen LogP contribution >= 0.6 is 11.3 Å². The number of hydrazone groups is 1. The Balaban J connectivity index is 1.94. The van der Waals surface area contributed by atoms with Crippen LogP contribution in [0.5, 0.6) is 0 Å². The summed E-state index contributed by atoms with van der Waals surface area (Å²) in [6, 6.07) is 0. The van der Waals surface area contributed by atoms with Gasteiger partial charge in [-0.15, -0.1) is 11.3 Å². The molecule has 0 bridgehead atoms. The molecule has 0 aromatic carbocycles. The van der Waals surface area contributed by atoms with Crippen molar-refractivity contribution in [1.29, 1.82) is 0 Å². The van der Waals surface area contributed by atoms with Gasteiger partial charge in [-0.3, -0.25) is 14.2 Å². The van der Waals surface area contributed by atoms with Crippen LogP contribution in [0, 0.1) is 0 Å². The van der Waals surface area contributed by atoms with Crippen molar-refractivity contribution in [2.24, 2.45) is 12.1 Å². The fourth-order valence-corrected chi connectivity index (χ4v) is 4.25. The molecule has 0 aliphatic carbocycles. The van der Waals surface area contributed by atoms with Crippen LogP contribution in [0.15, 0.2) is 9.90 Å².